The van der Waals surface area contributed by atoms with Crippen molar-refractivity contribution in [3.8, 4) is 39.5 Å². The number of likely N-dealkylation sites (N-methyl/N-ethyl adjacent to an activating group) is 1. The molecule has 0 bridgehead atoms. The molecule has 0 saturated carbocycles. The number of halogens is 1. The SMILES string of the molecule is CC(C)C(=O)Nc1cncc(-c2ccc3[nH]nc(-c4cc5c(-c6cc(F)cc(OCCN(C)C)c6)cccc5[nH]4)c3n2)c1. The second-order valence-corrected chi connectivity index (χ2v) is 11.0. The molecule has 0 spiro atoms. The van der Waals surface area contributed by atoms with Gasteiger partial charge in [0.1, 0.15) is 29.4 Å². The van der Waals surface area contributed by atoms with Crippen LogP contribution in [0.2, 0.25) is 0 Å². The molecule has 43 heavy (non-hydrogen) atoms. The first-order valence-electron chi connectivity index (χ1n) is 14.1. The third-order valence-electron chi connectivity index (χ3n) is 7.14. The number of aromatic nitrogens is 5. The van der Waals surface area contributed by atoms with Crippen LogP contribution in [0.4, 0.5) is 10.1 Å². The van der Waals surface area contributed by atoms with Crippen molar-refractivity contribution in [3.05, 3.63) is 78.9 Å². The number of amides is 1. The summed E-state index contributed by atoms with van der Waals surface area (Å²) < 4.78 is 20.5. The first-order chi connectivity index (χ1) is 20.7. The van der Waals surface area contributed by atoms with Gasteiger partial charge >= 0.3 is 0 Å². The van der Waals surface area contributed by atoms with Gasteiger partial charge in [0, 0.05) is 41.2 Å². The number of hydrogen-bond donors (Lipinski definition) is 3. The largest absolute Gasteiger partial charge is 0.492 e. The van der Waals surface area contributed by atoms with E-state index in [1.165, 1.54) is 12.1 Å². The highest BCUT2D eigenvalue weighted by Gasteiger charge is 2.17. The number of H-pyrrole nitrogens is 2. The third-order valence-corrected chi connectivity index (χ3v) is 7.14. The lowest BCUT2D eigenvalue weighted by atomic mass is 10.0. The van der Waals surface area contributed by atoms with E-state index in [9.17, 15) is 9.18 Å². The van der Waals surface area contributed by atoms with Gasteiger partial charge in [0.05, 0.1) is 28.8 Å². The molecule has 0 radical (unpaired) electrons. The van der Waals surface area contributed by atoms with E-state index >= 15 is 0 Å². The van der Waals surface area contributed by atoms with E-state index in [2.05, 4.69) is 25.5 Å². The number of carbonyl (C=O) groups excluding carboxylic acids is 1. The maximum atomic E-state index is 14.7. The van der Waals surface area contributed by atoms with E-state index in [-0.39, 0.29) is 17.6 Å². The molecule has 3 N–H and O–H groups in total. The number of benzene rings is 2. The first-order valence-corrected chi connectivity index (χ1v) is 14.1. The summed E-state index contributed by atoms with van der Waals surface area (Å²) in [4.78, 5) is 26.9. The monoisotopic (exact) mass is 577 g/mol. The number of ether oxygens (including phenoxy) is 1. The van der Waals surface area contributed by atoms with Gasteiger partial charge in [-0.25, -0.2) is 9.37 Å². The predicted molar refractivity (Wildman–Crippen MR) is 167 cm³/mol. The molecule has 0 atom stereocenters. The van der Waals surface area contributed by atoms with Crippen LogP contribution < -0.4 is 10.1 Å². The maximum absolute atomic E-state index is 14.7. The molecule has 6 rings (SSSR count). The number of nitrogens with one attached hydrogen (secondary N) is 3. The highest BCUT2D eigenvalue weighted by atomic mass is 19.1. The van der Waals surface area contributed by atoms with E-state index in [4.69, 9.17) is 9.72 Å². The zero-order chi connectivity index (χ0) is 30.1. The average Bonchev–Trinajstić information content (AvgIpc) is 3.60. The summed E-state index contributed by atoms with van der Waals surface area (Å²) in [6.45, 7) is 4.87. The van der Waals surface area contributed by atoms with Crippen LogP contribution in [0.1, 0.15) is 13.8 Å². The van der Waals surface area contributed by atoms with Gasteiger partial charge in [-0.3, -0.25) is 14.9 Å². The standard InChI is InChI=1S/C33H32FN7O2/c1-19(2)33(42)36-23-13-21(17-35-18-23)27-8-9-29-31(38-27)32(40-39-29)30-16-26-25(6-5-7-28(26)37-30)20-12-22(34)15-24(14-20)43-11-10-41(3)4/h5-9,12-19,37H,10-11H2,1-4H3,(H,36,42)(H,39,40). The van der Waals surface area contributed by atoms with Gasteiger partial charge in [-0.1, -0.05) is 26.0 Å². The Morgan fingerprint density at radius 2 is 1.88 bits per heavy atom. The molecule has 218 valence electrons. The van der Waals surface area contributed by atoms with Gasteiger partial charge < -0.3 is 19.9 Å². The summed E-state index contributed by atoms with van der Waals surface area (Å²) >= 11 is 0. The van der Waals surface area contributed by atoms with Gasteiger partial charge in [-0.15, -0.1) is 0 Å². The van der Waals surface area contributed by atoms with Crippen molar-refractivity contribution >= 4 is 33.5 Å². The second-order valence-electron chi connectivity index (χ2n) is 11.0. The van der Waals surface area contributed by atoms with Crippen molar-refractivity contribution in [3.63, 3.8) is 0 Å². The Hall–Kier alpha value is -5.09. The molecule has 0 fully saturated rings. The molecule has 1 amide bonds. The predicted octanol–water partition coefficient (Wildman–Crippen LogP) is 6.51. The third kappa shape index (κ3) is 5.96. The van der Waals surface area contributed by atoms with Crippen LogP contribution >= 0.6 is 0 Å². The van der Waals surface area contributed by atoms with Gasteiger partial charge in [-0.2, -0.15) is 5.10 Å². The average molecular weight is 578 g/mol. The molecule has 0 saturated heterocycles. The molecule has 9 nitrogen and oxygen atoms in total. The van der Waals surface area contributed by atoms with Gasteiger partial charge in [0.15, 0.2) is 0 Å². The van der Waals surface area contributed by atoms with Crippen LogP contribution in [-0.2, 0) is 4.79 Å². The zero-order valence-corrected chi connectivity index (χ0v) is 24.4. The van der Waals surface area contributed by atoms with Crippen molar-refractivity contribution < 1.29 is 13.9 Å². The van der Waals surface area contributed by atoms with Crippen molar-refractivity contribution in [2.45, 2.75) is 13.8 Å². The van der Waals surface area contributed by atoms with Crippen LogP contribution in [-0.4, -0.2) is 63.2 Å². The Labute approximate surface area is 248 Å². The molecule has 4 aromatic heterocycles. The highest BCUT2D eigenvalue weighted by molar-refractivity contribution is 6.00. The molecular weight excluding hydrogens is 545 g/mol. The van der Waals surface area contributed by atoms with Crippen LogP contribution in [0.3, 0.4) is 0 Å². The molecule has 0 aliphatic heterocycles. The molecule has 6 aromatic rings. The summed E-state index contributed by atoms with van der Waals surface area (Å²) in [5.74, 6) is -0.0961. The summed E-state index contributed by atoms with van der Waals surface area (Å²) in [7, 11) is 3.93. The maximum Gasteiger partial charge on any atom is 0.226 e. The number of carbonyl (C=O) groups is 1. The topological polar surface area (TPSA) is 112 Å². The van der Waals surface area contributed by atoms with E-state index < -0.39 is 0 Å². The normalized spacial score (nSPS) is 11.6. The molecule has 0 aliphatic carbocycles. The Balaban J connectivity index is 1.36. The zero-order valence-electron chi connectivity index (χ0n) is 24.4. The first kappa shape index (κ1) is 28.0. The summed E-state index contributed by atoms with van der Waals surface area (Å²) in [5, 5.41) is 11.5. The molecule has 0 unspecified atom stereocenters. The van der Waals surface area contributed by atoms with Crippen molar-refractivity contribution in [1.29, 1.82) is 0 Å². The smallest absolute Gasteiger partial charge is 0.226 e. The minimum atomic E-state index is -0.359. The van der Waals surface area contributed by atoms with Gasteiger partial charge in [0.25, 0.3) is 0 Å². The lowest BCUT2D eigenvalue weighted by molar-refractivity contribution is -0.118. The van der Waals surface area contributed by atoms with Gasteiger partial charge in [-0.05, 0) is 67.7 Å². The van der Waals surface area contributed by atoms with Crippen LogP contribution in [0.25, 0.3) is 55.7 Å². The number of hydrogen-bond acceptors (Lipinski definition) is 6. The Bertz CT molecular complexity index is 1940. The number of anilines is 1. The quantitative estimate of drug-likeness (QED) is 0.181. The fraction of sp³-hybridized carbons (Fsp3) is 0.212. The summed E-state index contributed by atoms with van der Waals surface area (Å²) in [6, 6.07) is 18.4. The Morgan fingerprint density at radius 1 is 1.02 bits per heavy atom. The van der Waals surface area contributed by atoms with E-state index in [0.717, 1.165) is 45.3 Å². The lowest BCUT2D eigenvalue weighted by Gasteiger charge is -2.12. The molecule has 0 aliphatic rings. The Morgan fingerprint density at radius 3 is 2.70 bits per heavy atom. The van der Waals surface area contributed by atoms with Crippen molar-refractivity contribution in [1.82, 2.24) is 30.0 Å². The van der Waals surface area contributed by atoms with Crippen molar-refractivity contribution in [2.75, 3.05) is 32.6 Å². The van der Waals surface area contributed by atoms with E-state index in [1.807, 2.05) is 81.4 Å². The minimum absolute atomic E-state index is 0.0796. The number of nitrogens with zero attached hydrogens (tertiary/aromatic N) is 4. The number of rotatable bonds is 9. The molecule has 2 aromatic carbocycles. The summed E-state index contributed by atoms with van der Waals surface area (Å²) in [6.07, 6.45) is 3.33. The fourth-order valence-corrected chi connectivity index (χ4v) is 4.86. The number of aromatic amines is 2. The molecule has 4 heterocycles. The minimum Gasteiger partial charge on any atom is -0.492 e. The van der Waals surface area contributed by atoms with Gasteiger partial charge in [0.2, 0.25) is 5.91 Å². The number of fused-ring (bicyclic) bond motifs is 2. The van der Waals surface area contributed by atoms with Crippen LogP contribution in [0, 0.1) is 11.7 Å². The van der Waals surface area contributed by atoms with E-state index in [1.54, 1.807) is 12.4 Å². The second kappa shape index (κ2) is 11.7. The Kier molecular flexibility index (Phi) is 7.60. The van der Waals surface area contributed by atoms with E-state index in [0.29, 0.717) is 34.9 Å². The number of pyridine rings is 2. The fourth-order valence-electron chi connectivity index (χ4n) is 4.86. The highest BCUT2D eigenvalue weighted by Crippen LogP contribution is 2.36. The van der Waals surface area contributed by atoms with Crippen LogP contribution in [0.15, 0.2) is 73.1 Å². The van der Waals surface area contributed by atoms with Crippen molar-refractivity contribution in [2.24, 2.45) is 5.92 Å². The summed E-state index contributed by atoms with van der Waals surface area (Å²) in [5.41, 5.74) is 7.44. The molecular formula is C33H32FN7O2. The van der Waals surface area contributed by atoms with Crippen LogP contribution in [0.5, 0.6) is 5.75 Å². The lowest BCUT2D eigenvalue weighted by Crippen LogP contribution is -2.19. The molecule has 10 heteroatoms.